The van der Waals surface area contributed by atoms with Crippen LogP contribution in [0.15, 0.2) is 18.2 Å². The maximum atomic E-state index is 12.9. The molecule has 1 aromatic carbocycles. The van der Waals surface area contributed by atoms with Crippen molar-refractivity contribution in [2.24, 2.45) is 5.92 Å². The van der Waals surface area contributed by atoms with E-state index in [0.29, 0.717) is 11.5 Å². The summed E-state index contributed by atoms with van der Waals surface area (Å²) in [5.74, 6) is 0.178. The molecule has 0 aliphatic heterocycles. The lowest BCUT2D eigenvalue weighted by Crippen LogP contribution is -2.37. The van der Waals surface area contributed by atoms with Gasteiger partial charge >= 0.3 is 5.97 Å². The number of carbonyl (C=O) groups excluding carboxylic acids is 2. The second-order valence-corrected chi connectivity index (χ2v) is 6.57. The second-order valence-electron chi connectivity index (χ2n) is 6.57. The fraction of sp³-hybridized carbons (Fsp3) is 0.579. The maximum Gasteiger partial charge on any atom is 0.337 e. The summed E-state index contributed by atoms with van der Waals surface area (Å²) in [6.45, 7) is 2.77. The minimum Gasteiger partial charge on any atom is -0.465 e. The van der Waals surface area contributed by atoms with Gasteiger partial charge in [0.25, 0.3) is 0 Å². The molecule has 3 rings (SSSR count). The molecule has 1 aromatic rings. The molecular formula is C19H25NO3. The minimum atomic E-state index is -0.316. The number of carbonyl (C=O) groups is 2. The number of esters is 1. The molecule has 0 bridgehead atoms. The zero-order valence-corrected chi connectivity index (χ0v) is 14.0. The Hall–Kier alpha value is -1.84. The zero-order valence-electron chi connectivity index (χ0n) is 14.0. The molecule has 1 saturated carbocycles. The summed E-state index contributed by atoms with van der Waals surface area (Å²) < 4.78 is 4.83. The van der Waals surface area contributed by atoms with Crippen molar-refractivity contribution in [2.45, 2.75) is 51.5 Å². The summed E-state index contributed by atoms with van der Waals surface area (Å²) >= 11 is 0. The Morgan fingerprint density at radius 3 is 2.61 bits per heavy atom. The number of methoxy groups -OCH3 is 1. The van der Waals surface area contributed by atoms with Crippen molar-refractivity contribution in [3.8, 4) is 0 Å². The van der Waals surface area contributed by atoms with E-state index in [9.17, 15) is 9.59 Å². The summed E-state index contributed by atoms with van der Waals surface area (Å²) in [5.41, 5.74) is 2.95. The van der Waals surface area contributed by atoms with Gasteiger partial charge < -0.3 is 9.64 Å². The lowest BCUT2D eigenvalue weighted by Gasteiger charge is -2.31. The van der Waals surface area contributed by atoms with Crippen LogP contribution in [0.3, 0.4) is 0 Å². The van der Waals surface area contributed by atoms with Crippen molar-refractivity contribution in [1.29, 1.82) is 0 Å². The maximum absolute atomic E-state index is 12.9. The lowest BCUT2D eigenvalue weighted by atomic mass is 10.0. The van der Waals surface area contributed by atoms with Gasteiger partial charge in [-0.25, -0.2) is 4.79 Å². The van der Waals surface area contributed by atoms with Gasteiger partial charge in [0.05, 0.1) is 18.7 Å². The molecule has 2 aliphatic carbocycles. The van der Waals surface area contributed by atoms with E-state index >= 15 is 0 Å². The summed E-state index contributed by atoms with van der Waals surface area (Å²) in [4.78, 5) is 26.7. The Morgan fingerprint density at radius 2 is 1.96 bits per heavy atom. The average molecular weight is 315 g/mol. The van der Waals surface area contributed by atoms with Crippen molar-refractivity contribution in [3.63, 3.8) is 0 Å². The summed E-state index contributed by atoms with van der Waals surface area (Å²) in [6.07, 6.45) is 6.31. The van der Waals surface area contributed by atoms with Crippen LogP contribution >= 0.6 is 0 Å². The normalized spacial score (nSPS) is 20.3. The average Bonchev–Trinajstić information content (AvgIpc) is 3.24. The molecular weight excluding hydrogens is 290 g/mol. The van der Waals surface area contributed by atoms with Gasteiger partial charge in [0.15, 0.2) is 0 Å². The first-order valence-electron chi connectivity index (χ1n) is 8.67. The number of aryl methyl sites for hydroxylation is 1. The quantitative estimate of drug-likeness (QED) is 0.799. The molecule has 0 aromatic heterocycles. The van der Waals surface area contributed by atoms with E-state index in [1.54, 1.807) is 0 Å². The standard InChI is InChI=1S/C19H25NO3/c1-3-20(18(21)14-6-4-5-7-14)17-11-10-13-8-9-15(12-16(13)17)19(22)23-2/h8-9,12,14,17H,3-7,10-11H2,1-2H3/t17-/m1/s1. The zero-order chi connectivity index (χ0) is 16.4. The van der Waals surface area contributed by atoms with Crippen LogP contribution in [0, 0.1) is 5.92 Å². The summed E-state index contributed by atoms with van der Waals surface area (Å²) in [5, 5.41) is 0. The third kappa shape index (κ3) is 2.99. The molecule has 4 nitrogen and oxygen atoms in total. The van der Waals surface area contributed by atoms with Gasteiger partial charge in [-0.1, -0.05) is 18.9 Å². The molecule has 0 heterocycles. The van der Waals surface area contributed by atoms with Gasteiger partial charge in [0.2, 0.25) is 5.91 Å². The number of benzene rings is 1. The number of fused-ring (bicyclic) bond motifs is 1. The van der Waals surface area contributed by atoms with Crippen molar-refractivity contribution >= 4 is 11.9 Å². The minimum absolute atomic E-state index is 0.104. The molecule has 0 spiro atoms. The van der Waals surface area contributed by atoms with Crippen LogP contribution in [0.5, 0.6) is 0 Å². The number of nitrogens with zero attached hydrogens (tertiary/aromatic N) is 1. The highest BCUT2D eigenvalue weighted by atomic mass is 16.5. The van der Waals surface area contributed by atoms with Crippen LogP contribution in [0.4, 0.5) is 0 Å². The van der Waals surface area contributed by atoms with E-state index in [2.05, 4.69) is 6.92 Å². The second kappa shape index (κ2) is 6.73. The van der Waals surface area contributed by atoms with Gasteiger partial charge in [-0.2, -0.15) is 0 Å². The van der Waals surface area contributed by atoms with E-state index in [1.807, 2.05) is 23.1 Å². The molecule has 0 N–H and O–H groups in total. The van der Waals surface area contributed by atoms with E-state index in [4.69, 9.17) is 4.74 Å². The molecule has 1 amide bonds. The monoisotopic (exact) mass is 315 g/mol. The SMILES string of the molecule is CCN(C(=O)C1CCCC1)[C@@H]1CCc2ccc(C(=O)OC)cc21. The van der Waals surface area contributed by atoms with Crippen molar-refractivity contribution in [1.82, 2.24) is 4.90 Å². The molecule has 23 heavy (non-hydrogen) atoms. The van der Waals surface area contributed by atoms with E-state index in [0.717, 1.165) is 37.8 Å². The number of amides is 1. The number of rotatable bonds is 4. The molecule has 0 unspecified atom stereocenters. The number of hydrogen-bond acceptors (Lipinski definition) is 3. The Morgan fingerprint density at radius 1 is 1.22 bits per heavy atom. The van der Waals surface area contributed by atoms with Crippen LogP contribution < -0.4 is 0 Å². The molecule has 4 heteroatoms. The highest BCUT2D eigenvalue weighted by Gasteiger charge is 2.34. The molecule has 1 fully saturated rings. The predicted octanol–water partition coefficient (Wildman–Crippen LogP) is 3.50. The van der Waals surface area contributed by atoms with Crippen molar-refractivity contribution in [3.05, 3.63) is 34.9 Å². The van der Waals surface area contributed by atoms with Gasteiger partial charge in [-0.05, 0) is 55.9 Å². The highest BCUT2D eigenvalue weighted by Crippen LogP contribution is 2.38. The van der Waals surface area contributed by atoms with Crippen LogP contribution in [0.1, 0.15) is 66.6 Å². The first kappa shape index (κ1) is 16.0. The van der Waals surface area contributed by atoms with E-state index in [1.165, 1.54) is 25.5 Å². The van der Waals surface area contributed by atoms with Crippen LogP contribution in [0.25, 0.3) is 0 Å². The van der Waals surface area contributed by atoms with Gasteiger partial charge in [-0.3, -0.25) is 4.79 Å². The lowest BCUT2D eigenvalue weighted by molar-refractivity contribution is -0.137. The Kier molecular flexibility index (Phi) is 4.69. The van der Waals surface area contributed by atoms with Gasteiger partial charge in [-0.15, -0.1) is 0 Å². The molecule has 0 radical (unpaired) electrons. The third-order valence-corrected chi connectivity index (χ3v) is 5.32. The number of ether oxygens (including phenoxy) is 1. The Bertz CT molecular complexity index is 605. The predicted molar refractivity (Wildman–Crippen MR) is 88.2 cm³/mol. The fourth-order valence-corrected chi connectivity index (χ4v) is 4.09. The van der Waals surface area contributed by atoms with Crippen molar-refractivity contribution in [2.75, 3.05) is 13.7 Å². The van der Waals surface area contributed by atoms with Gasteiger partial charge in [0, 0.05) is 12.5 Å². The molecule has 2 aliphatic rings. The topological polar surface area (TPSA) is 46.6 Å². The fourth-order valence-electron chi connectivity index (χ4n) is 4.09. The first-order valence-corrected chi connectivity index (χ1v) is 8.67. The Balaban J connectivity index is 1.87. The molecule has 124 valence electrons. The van der Waals surface area contributed by atoms with Crippen LogP contribution in [0.2, 0.25) is 0 Å². The van der Waals surface area contributed by atoms with E-state index < -0.39 is 0 Å². The highest BCUT2D eigenvalue weighted by molar-refractivity contribution is 5.89. The molecule has 1 atom stereocenters. The van der Waals surface area contributed by atoms with Crippen LogP contribution in [-0.2, 0) is 16.0 Å². The summed E-state index contributed by atoms with van der Waals surface area (Å²) in [7, 11) is 1.40. The van der Waals surface area contributed by atoms with E-state index in [-0.39, 0.29) is 17.9 Å². The first-order chi connectivity index (χ1) is 11.2. The number of hydrogen-bond donors (Lipinski definition) is 0. The van der Waals surface area contributed by atoms with Crippen molar-refractivity contribution < 1.29 is 14.3 Å². The third-order valence-electron chi connectivity index (χ3n) is 5.32. The smallest absolute Gasteiger partial charge is 0.337 e. The summed E-state index contributed by atoms with van der Waals surface area (Å²) in [6, 6.07) is 5.86. The largest absolute Gasteiger partial charge is 0.465 e. The molecule has 0 saturated heterocycles. The van der Waals surface area contributed by atoms with Gasteiger partial charge in [0.1, 0.15) is 0 Å². The Labute approximate surface area is 137 Å². The van der Waals surface area contributed by atoms with Crippen LogP contribution in [-0.4, -0.2) is 30.4 Å².